The van der Waals surface area contributed by atoms with Gasteiger partial charge in [-0.25, -0.2) is 0 Å². The van der Waals surface area contributed by atoms with E-state index in [-0.39, 0.29) is 0 Å². The summed E-state index contributed by atoms with van der Waals surface area (Å²) in [7, 11) is 0. The highest BCUT2D eigenvalue weighted by molar-refractivity contribution is 8.19. The smallest absolute Gasteiger partial charge is 0.0742 e. The third-order valence-electron chi connectivity index (χ3n) is 7.98. The highest BCUT2D eigenvalue weighted by atomic mass is 32.5. The maximum atomic E-state index is 7.45. The molecule has 5 heteroatoms. The first-order chi connectivity index (χ1) is 19.7. The summed E-state index contributed by atoms with van der Waals surface area (Å²) in [6.45, 7) is 9.20. The average molecular weight is 619 g/mol. The van der Waals surface area contributed by atoms with E-state index in [4.69, 9.17) is 27.9 Å². The molecule has 4 unspecified atom stereocenters. The van der Waals surface area contributed by atoms with Crippen LogP contribution in [0.1, 0.15) is 73.6 Å². The van der Waals surface area contributed by atoms with Gasteiger partial charge in [0.1, 0.15) is 0 Å². The van der Waals surface area contributed by atoms with Crippen LogP contribution in [-0.2, 0) is 27.9 Å². The Bertz CT molecular complexity index is 1210. The van der Waals surface area contributed by atoms with E-state index in [1.807, 2.05) is 0 Å². The molecule has 0 saturated carbocycles. The molecule has 4 atom stereocenters. The van der Waals surface area contributed by atoms with E-state index < -0.39 is 12.5 Å². The molecule has 0 aliphatic heterocycles. The highest BCUT2D eigenvalue weighted by Gasteiger charge is 2.34. The molecule has 41 heavy (non-hydrogen) atoms. The van der Waals surface area contributed by atoms with Crippen molar-refractivity contribution >= 4 is 36.1 Å². The molecule has 0 spiro atoms. The predicted molar refractivity (Wildman–Crippen MR) is 189 cm³/mol. The van der Waals surface area contributed by atoms with Gasteiger partial charge in [-0.1, -0.05) is 173 Å². The third-order valence-corrected chi connectivity index (χ3v) is 17.8. The van der Waals surface area contributed by atoms with E-state index in [0.29, 0.717) is 23.7 Å². The fourth-order valence-corrected chi connectivity index (χ4v) is 18.8. The lowest BCUT2D eigenvalue weighted by molar-refractivity contribution is 0.633. The molecule has 4 aromatic carbocycles. The van der Waals surface area contributed by atoms with Gasteiger partial charge in [0.25, 0.3) is 0 Å². The molecular weight excluding hydrogens is 574 g/mol. The molecule has 0 saturated heterocycles. The van der Waals surface area contributed by atoms with Crippen molar-refractivity contribution in [1.29, 1.82) is 0 Å². The zero-order valence-corrected chi connectivity index (χ0v) is 28.2. The summed E-state index contributed by atoms with van der Waals surface area (Å²) in [5, 5.41) is 0. The fraction of sp³-hybridized carbons (Fsp3) is 0.333. The van der Waals surface area contributed by atoms with Gasteiger partial charge in [-0.05, 0) is 45.9 Å². The molecule has 0 aromatic heterocycles. The molecule has 1 nitrogen and oxygen atoms in total. The van der Waals surface area contributed by atoms with Gasteiger partial charge >= 0.3 is 0 Å². The minimum atomic E-state index is -2.30. The Balaban J connectivity index is 1.68. The summed E-state index contributed by atoms with van der Waals surface area (Å²) in [4.78, 5) is 0. The topological polar surface area (TPSA) is 9.23 Å². The Kier molecular flexibility index (Phi) is 11.8. The van der Waals surface area contributed by atoms with Crippen LogP contribution in [0.3, 0.4) is 0 Å². The lowest BCUT2D eigenvalue weighted by Gasteiger charge is -2.36. The Hall–Kier alpha value is -1.86. The Morgan fingerprint density at radius 1 is 0.415 bits per heavy atom. The molecular formula is C36H44OP2S2. The van der Waals surface area contributed by atoms with Gasteiger partial charge < -0.3 is 4.31 Å². The van der Waals surface area contributed by atoms with Crippen molar-refractivity contribution in [3.63, 3.8) is 0 Å². The maximum absolute atomic E-state index is 7.45. The van der Waals surface area contributed by atoms with Crippen molar-refractivity contribution in [3.8, 4) is 0 Å². The Morgan fingerprint density at radius 3 is 0.805 bits per heavy atom. The number of hydrogen-bond donors (Lipinski definition) is 0. The summed E-state index contributed by atoms with van der Waals surface area (Å²) in [6.07, 6.45) is -1.15. The van der Waals surface area contributed by atoms with Crippen molar-refractivity contribution in [3.05, 3.63) is 144 Å². The molecule has 0 amide bonds. The van der Waals surface area contributed by atoms with E-state index in [0.717, 1.165) is 24.6 Å². The van der Waals surface area contributed by atoms with Crippen LogP contribution in [-0.4, -0.2) is 24.6 Å². The molecule has 216 valence electrons. The molecule has 0 heterocycles. The summed E-state index contributed by atoms with van der Waals surface area (Å²) < 4.78 is 7.45. The van der Waals surface area contributed by atoms with Crippen LogP contribution in [0, 0.1) is 0 Å². The van der Waals surface area contributed by atoms with Crippen LogP contribution in [0.15, 0.2) is 121 Å². The second kappa shape index (κ2) is 15.0. The third kappa shape index (κ3) is 9.57. The van der Waals surface area contributed by atoms with Gasteiger partial charge in [0.2, 0.25) is 0 Å². The molecule has 0 radical (unpaired) electrons. The quantitative estimate of drug-likeness (QED) is 0.130. The van der Waals surface area contributed by atoms with Gasteiger partial charge in [-0.3, -0.25) is 0 Å². The second-order valence-electron chi connectivity index (χ2n) is 11.7. The molecule has 4 aromatic rings. The normalized spacial score (nSPS) is 17.5. The van der Waals surface area contributed by atoms with Gasteiger partial charge in [0.15, 0.2) is 0 Å². The molecule has 0 fully saturated rings. The minimum absolute atomic E-state index is 0.312. The summed E-state index contributed by atoms with van der Waals surface area (Å²) in [5.41, 5.74) is 5.28. The molecule has 0 bridgehead atoms. The molecule has 0 aliphatic rings. The van der Waals surface area contributed by atoms with E-state index in [1.54, 1.807) is 0 Å². The zero-order chi connectivity index (χ0) is 29.3. The van der Waals surface area contributed by atoms with Gasteiger partial charge in [-0.2, -0.15) is 0 Å². The SMILES string of the molecule is CC(CP(=S)(CC(C)c1ccccc1)OP(=S)(CC(C)c1ccccc1)CC(C)c1ccccc1)c1ccccc1. The van der Waals surface area contributed by atoms with E-state index in [1.165, 1.54) is 22.3 Å². The van der Waals surface area contributed by atoms with Crippen LogP contribution < -0.4 is 0 Å². The van der Waals surface area contributed by atoms with Crippen LogP contribution in [0.5, 0.6) is 0 Å². The van der Waals surface area contributed by atoms with Gasteiger partial charge in [0.05, 0.1) is 12.5 Å². The Labute approximate surface area is 259 Å². The first-order valence-electron chi connectivity index (χ1n) is 14.7. The van der Waals surface area contributed by atoms with Crippen molar-refractivity contribution in [1.82, 2.24) is 0 Å². The van der Waals surface area contributed by atoms with Crippen molar-refractivity contribution < 1.29 is 4.31 Å². The summed E-state index contributed by atoms with van der Waals surface area (Å²) >= 11 is 13.4. The number of benzene rings is 4. The maximum Gasteiger partial charge on any atom is 0.0742 e. The van der Waals surface area contributed by atoms with Gasteiger partial charge in [0, 0.05) is 24.6 Å². The van der Waals surface area contributed by atoms with E-state index >= 15 is 0 Å². The monoisotopic (exact) mass is 618 g/mol. The lowest BCUT2D eigenvalue weighted by atomic mass is 10.0. The van der Waals surface area contributed by atoms with E-state index in [9.17, 15) is 0 Å². The van der Waals surface area contributed by atoms with Crippen molar-refractivity contribution in [2.24, 2.45) is 0 Å². The largest absolute Gasteiger partial charge is 0.320 e. The standard InChI is InChI=1S/C36H44OP2S2/c1-29(33-17-9-5-10-18-33)25-38(40,26-30(2)34-19-11-6-12-20-34)37-39(41,27-31(3)35-21-13-7-14-22-35)28-32(4)36-23-15-8-16-24-36/h5-24,29-32H,25-28H2,1-4H3. The number of rotatable bonds is 14. The second-order valence-corrected chi connectivity index (χ2v) is 21.1. The summed E-state index contributed by atoms with van der Waals surface area (Å²) in [6, 6.07) is 43.0. The first kappa shape index (κ1) is 32.1. The average Bonchev–Trinajstić information content (AvgIpc) is 2.98. The zero-order valence-electron chi connectivity index (χ0n) is 24.8. The van der Waals surface area contributed by atoms with Crippen LogP contribution in [0.2, 0.25) is 0 Å². The summed E-state index contributed by atoms with van der Waals surface area (Å²) in [5.74, 6) is 1.25. The van der Waals surface area contributed by atoms with Crippen molar-refractivity contribution in [2.45, 2.75) is 51.4 Å². The van der Waals surface area contributed by atoms with Crippen LogP contribution >= 0.6 is 12.5 Å². The van der Waals surface area contributed by atoms with Crippen LogP contribution in [0.25, 0.3) is 0 Å². The highest BCUT2D eigenvalue weighted by Crippen LogP contribution is 2.68. The Morgan fingerprint density at radius 2 is 0.610 bits per heavy atom. The number of hydrogen-bond acceptors (Lipinski definition) is 3. The fourth-order valence-electron chi connectivity index (χ4n) is 5.77. The lowest BCUT2D eigenvalue weighted by Crippen LogP contribution is -2.14. The van der Waals surface area contributed by atoms with Gasteiger partial charge in [-0.15, -0.1) is 0 Å². The first-order valence-corrected chi connectivity index (χ1v) is 20.9. The molecule has 0 aliphatic carbocycles. The predicted octanol–water partition coefficient (Wildman–Crippen LogP) is 11.0. The van der Waals surface area contributed by atoms with E-state index in [2.05, 4.69) is 149 Å². The van der Waals surface area contributed by atoms with Crippen molar-refractivity contribution in [2.75, 3.05) is 24.6 Å². The molecule has 4 rings (SSSR count). The van der Waals surface area contributed by atoms with Crippen LogP contribution in [0.4, 0.5) is 0 Å². The minimum Gasteiger partial charge on any atom is -0.320 e. The molecule has 0 N–H and O–H groups in total.